The van der Waals surface area contributed by atoms with E-state index in [2.05, 4.69) is 36.7 Å². The first kappa shape index (κ1) is 11.3. The molecule has 0 spiro atoms. The molecule has 0 bridgehead atoms. The number of nitrogens with one attached hydrogen (secondary N) is 2. The number of amides is 1. The van der Waals surface area contributed by atoms with Gasteiger partial charge in [0.05, 0.1) is 17.4 Å². The molecule has 2 rings (SSSR count). The van der Waals surface area contributed by atoms with Crippen LogP contribution in [0.3, 0.4) is 0 Å². The third-order valence-corrected chi connectivity index (χ3v) is 2.49. The Morgan fingerprint density at radius 3 is 3.00 bits per heavy atom. The molecule has 1 heterocycles. The van der Waals surface area contributed by atoms with Gasteiger partial charge in [0.15, 0.2) is 5.69 Å². The fraction of sp³-hybridized carbons (Fsp3) is 0. The van der Waals surface area contributed by atoms with Crippen molar-refractivity contribution in [3.05, 3.63) is 40.1 Å². The summed E-state index contributed by atoms with van der Waals surface area (Å²) in [5, 5.41) is 21.0. The minimum atomic E-state index is -0.423. The number of aromatic amines is 1. The summed E-state index contributed by atoms with van der Waals surface area (Å²) in [6, 6.07) is 6.98. The third-order valence-electron chi connectivity index (χ3n) is 2.00. The summed E-state index contributed by atoms with van der Waals surface area (Å²) in [4.78, 5) is 11.7. The van der Waals surface area contributed by atoms with Crippen LogP contribution in [-0.4, -0.2) is 21.3 Å². The molecule has 0 aliphatic carbocycles. The smallest absolute Gasteiger partial charge is 0.277 e. The standard InChI is InChI=1S/C10H6BrN5O/c11-7-2-1-6(4-12)8(3-7)14-10(17)9-5-13-16-15-9/h1-3,5H,(H,14,17)(H,13,15,16). The van der Waals surface area contributed by atoms with E-state index in [-0.39, 0.29) is 5.69 Å². The highest BCUT2D eigenvalue weighted by Gasteiger charge is 2.11. The maximum absolute atomic E-state index is 11.7. The number of nitriles is 1. The van der Waals surface area contributed by atoms with Crippen LogP contribution in [0.1, 0.15) is 16.1 Å². The van der Waals surface area contributed by atoms with Gasteiger partial charge < -0.3 is 5.32 Å². The van der Waals surface area contributed by atoms with E-state index in [9.17, 15) is 4.79 Å². The van der Waals surface area contributed by atoms with E-state index in [1.807, 2.05) is 6.07 Å². The fourth-order valence-corrected chi connectivity index (χ4v) is 1.58. The highest BCUT2D eigenvalue weighted by atomic mass is 79.9. The second kappa shape index (κ2) is 4.76. The van der Waals surface area contributed by atoms with Crippen molar-refractivity contribution in [1.29, 1.82) is 5.26 Å². The van der Waals surface area contributed by atoms with Crippen LogP contribution in [0.5, 0.6) is 0 Å². The molecule has 7 heteroatoms. The molecule has 84 valence electrons. The van der Waals surface area contributed by atoms with Crippen molar-refractivity contribution in [1.82, 2.24) is 15.4 Å². The van der Waals surface area contributed by atoms with Crippen LogP contribution in [-0.2, 0) is 0 Å². The molecule has 0 atom stereocenters. The number of hydrogen-bond donors (Lipinski definition) is 2. The van der Waals surface area contributed by atoms with Gasteiger partial charge in [-0.25, -0.2) is 0 Å². The quantitative estimate of drug-likeness (QED) is 0.880. The van der Waals surface area contributed by atoms with E-state index < -0.39 is 5.91 Å². The first-order valence-electron chi connectivity index (χ1n) is 4.57. The Balaban J connectivity index is 2.27. The molecule has 0 saturated heterocycles. The number of rotatable bonds is 2. The van der Waals surface area contributed by atoms with E-state index in [4.69, 9.17) is 5.26 Å². The zero-order valence-corrected chi connectivity index (χ0v) is 10.0. The second-order valence-corrected chi connectivity index (χ2v) is 4.03. The largest absolute Gasteiger partial charge is 0.319 e. The van der Waals surface area contributed by atoms with Crippen LogP contribution >= 0.6 is 15.9 Å². The minimum absolute atomic E-state index is 0.161. The summed E-state index contributed by atoms with van der Waals surface area (Å²) in [6.07, 6.45) is 1.30. The minimum Gasteiger partial charge on any atom is -0.319 e. The van der Waals surface area contributed by atoms with Crippen molar-refractivity contribution in [2.45, 2.75) is 0 Å². The zero-order chi connectivity index (χ0) is 12.3. The highest BCUT2D eigenvalue weighted by Crippen LogP contribution is 2.21. The summed E-state index contributed by atoms with van der Waals surface area (Å²) in [5.41, 5.74) is 0.966. The van der Waals surface area contributed by atoms with Crippen molar-refractivity contribution in [3.63, 3.8) is 0 Å². The van der Waals surface area contributed by atoms with Crippen LogP contribution < -0.4 is 5.32 Å². The first-order valence-corrected chi connectivity index (χ1v) is 5.37. The van der Waals surface area contributed by atoms with Gasteiger partial charge in [0.2, 0.25) is 0 Å². The van der Waals surface area contributed by atoms with Crippen molar-refractivity contribution in [2.75, 3.05) is 5.32 Å². The molecular formula is C10H6BrN5O. The molecule has 0 fully saturated rings. The molecule has 0 aliphatic rings. The summed E-state index contributed by atoms with van der Waals surface area (Å²) < 4.78 is 0.770. The maximum atomic E-state index is 11.7. The molecule has 17 heavy (non-hydrogen) atoms. The molecule has 0 radical (unpaired) electrons. The molecule has 1 aromatic heterocycles. The first-order chi connectivity index (χ1) is 8.20. The normalized spacial score (nSPS) is 9.65. The van der Waals surface area contributed by atoms with E-state index in [1.165, 1.54) is 6.20 Å². The number of nitrogens with zero attached hydrogens (tertiary/aromatic N) is 3. The fourth-order valence-electron chi connectivity index (χ4n) is 1.21. The number of benzene rings is 1. The van der Waals surface area contributed by atoms with Crippen LogP contribution in [0.25, 0.3) is 0 Å². The van der Waals surface area contributed by atoms with Crippen molar-refractivity contribution in [2.24, 2.45) is 0 Å². The molecular weight excluding hydrogens is 286 g/mol. The summed E-state index contributed by atoms with van der Waals surface area (Å²) in [5.74, 6) is -0.423. The van der Waals surface area contributed by atoms with Crippen LogP contribution in [0.4, 0.5) is 5.69 Å². The lowest BCUT2D eigenvalue weighted by Crippen LogP contribution is -2.13. The average molecular weight is 292 g/mol. The van der Waals surface area contributed by atoms with Gasteiger partial charge in [-0.15, -0.1) is 0 Å². The van der Waals surface area contributed by atoms with Gasteiger partial charge in [-0.3, -0.25) is 4.79 Å². The highest BCUT2D eigenvalue weighted by molar-refractivity contribution is 9.10. The molecule has 0 unspecified atom stereocenters. The number of hydrogen-bond acceptors (Lipinski definition) is 4. The van der Waals surface area contributed by atoms with Crippen LogP contribution in [0.15, 0.2) is 28.9 Å². The number of anilines is 1. The van der Waals surface area contributed by atoms with Crippen LogP contribution in [0, 0.1) is 11.3 Å². The van der Waals surface area contributed by atoms with Crippen molar-refractivity contribution >= 4 is 27.5 Å². The number of carbonyl (C=O) groups is 1. The zero-order valence-electron chi connectivity index (χ0n) is 8.44. The Kier molecular flexibility index (Phi) is 3.16. The Labute approximate surface area is 105 Å². The molecule has 6 nitrogen and oxygen atoms in total. The van der Waals surface area contributed by atoms with Gasteiger partial charge in [-0.1, -0.05) is 15.9 Å². The predicted molar refractivity (Wildman–Crippen MR) is 63.2 cm³/mol. The maximum Gasteiger partial charge on any atom is 0.277 e. The molecule has 2 aromatic rings. The van der Waals surface area contributed by atoms with E-state index in [1.54, 1.807) is 18.2 Å². The van der Waals surface area contributed by atoms with Gasteiger partial charge in [0, 0.05) is 4.47 Å². The van der Waals surface area contributed by atoms with E-state index in [0.717, 1.165) is 4.47 Å². The summed E-state index contributed by atoms with van der Waals surface area (Å²) >= 11 is 3.27. The number of H-pyrrole nitrogens is 1. The summed E-state index contributed by atoms with van der Waals surface area (Å²) in [7, 11) is 0. The van der Waals surface area contributed by atoms with Gasteiger partial charge >= 0.3 is 0 Å². The molecule has 0 saturated carbocycles. The van der Waals surface area contributed by atoms with Crippen molar-refractivity contribution in [3.8, 4) is 6.07 Å². The average Bonchev–Trinajstić information content (AvgIpc) is 2.83. The Morgan fingerprint density at radius 1 is 1.53 bits per heavy atom. The molecule has 0 aliphatic heterocycles. The SMILES string of the molecule is N#Cc1ccc(Br)cc1NC(=O)c1cn[nH]n1. The van der Waals surface area contributed by atoms with E-state index in [0.29, 0.717) is 11.3 Å². The van der Waals surface area contributed by atoms with Gasteiger partial charge in [-0.2, -0.15) is 20.7 Å². The molecule has 1 amide bonds. The molecule has 2 N–H and O–H groups in total. The van der Waals surface area contributed by atoms with Gasteiger partial charge in [0.1, 0.15) is 6.07 Å². The lowest BCUT2D eigenvalue weighted by atomic mass is 10.2. The topological polar surface area (TPSA) is 94.5 Å². The van der Waals surface area contributed by atoms with Gasteiger partial charge in [0.25, 0.3) is 5.91 Å². The Bertz CT molecular complexity index is 587. The van der Waals surface area contributed by atoms with Gasteiger partial charge in [-0.05, 0) is 18.2 Å². The number of carbonyl (C=O) groups excluding carboxylic acids is 1. The number of halogens is 1. The van der Waals surface area contributed by atoms with Crippen molar-refractivity contribution < 1.29 is 4.79 Å². The second-order valence-electron chi connectivity index (χ2n) is 3.11. The van der Waals surface area contributed by atoms with E-state index >= 15 is 0 Å². The lowest BCUT2D eigenvalue weighted by Gasteiger charge is -2.05. The lowest BCUT2D eigenvalue weighted by molar-refractivity contribution is 0.102. The predicted octanol–water partition coefficient (Wildman–Crippen LogP) is 1.69. The summed E-state index contributed by atoms with van der Waals surface area (Å²) in [6.45, 7) is 0. The van der Waals surface area contributed by atoms with Crippen LogP contribution in [0.2, 0.25) is 0 Å². The number of aromatic nitrogens is 3. The third kappa shape index (κ3) is 2.49. The molecule has 1 aromatic carbocycles. The monoisotopic (exact) mass is 291 g/mol. The Hall–Kier alpha value is -2.20. The Morgan fingerprint density at radius 2 is 2.35 bits per heavy atom.